The van der Waals surface area contributed by atoms with Crippen LogP contribution in [0.5, 0.6) is 0 Å². The van der Waals surface area contributed by atoms with E-state index in [1.807, 2.05) is 18.5 Å². The van der Waals surface area contributed by atoms with Crippen molar-refractivity contribution < 1.29 is 4.79 Å². The third-order valence-corrected chi connectivity index (χ3v) is 7.93. The summed E-state index contributed by atoms with van der Waals surface area (Å²) < 4.78 is 2.09. The van der Waals surface area contributed by atoms with E-state index in [1.165, 1.54) is 31.2 Å². The lowest BCUT2D eigenvalue weighted by Gasteiger charge is -2.23. The maximum atomic E-state index is 13.0. The molecule has 6 rings (SSSR count). The van der Waals surface area contributed by atoms with Gasteiger partial charge in [-0.1, -0.05) is 19.8 Å². The second-order valence-electron chi connectivity index (χ2n) is 10.6. The van der Waals surface area contributed by atoms with E-state index >= 15 is 0 Å². The second-order valence-corrected chi connectivity index (χ2v) is 10.6. The average molecular weight is 467 g/mol. The summed E-state index contributed by atoms with van der Waals surface area (Å²) in [6, 6.07) is 4.22. The fraction of sp³-hybridized carbons (Fsp3) is 0.464. The maximum absolute atomic E-state index is 13.0. The van der Waals surface area contributed by atoms with Crippen molar-refractivity contribution in [2.24, 2.45) is 5.41 Å². The first-order valence-electron chi connectivity index (χ1n) is 12.7. The highest BCUT2D eigenvalue weighted by molar-refractivity contribution is 5.99. The van der Waals surface area contributed by atoms with Gasteiger partial charge >= 0.3 is 0 Å². The third-order valence-electron chi connectivity index (χ3n) is 7.93. The minimum absolute atomic E-state index is 0.0432. The van der Waals surface area contributed by atoms with E-state index in [2.05, 4.69) is 33.7 Å². The van der Waals surface area contributed by atoms with Crippen LogP contribution in [0.3, 0.4) is 0 Å². The molecule has 0 spiro atoms. The SMILES string of the molecule is [C-]#[N+]CCN1Cc2ncc(-c3nc4c(cc3-c3cnn(CC5(C)CCCC5)c3)CCC4)cc2C1=O. The van der Waals surface area contributed by atoms with Crippen molar-refractivity contribution in [1.29, 1.82) is 0 Å². The molecule has 3 aliphatic rings. The lowest BCUT2D eigenvalue weighted by Crippen LogP contribution is -2.26. The van der Waals surface area contributed by atoms with Gasteiger partial charge in [0.15, 0.2) is 0 Å². The Bertz CT molecular complexity index is 1340. The Morgan fingerprint density at radius 3 is 2.74 bits per heavy atom. The molecule has 0 unspecified atom stereocenters. The van der Waals surface area contributed by atoms with Gasteiger partial charge in [0.25, 0.3) is 5.91 Å². The first-order valence-corrected chi connectivity index (χ1v) is 12.7. The molecule has 0 saturated heterocycles. The van der Waals surface area contributed by atoms with Crippen molar-refractivity contribution in [3.8, 4) is 22.4 Å². The van der Waals surface area contributed by atoms with E-state index in [1.54, 1.807) is 4.90 Å². The molecular weight excluding hydrogens is 436 g/mol. The maximum Gasteiger partial charge on any atom is 0.256 e. The summed E-state index contributed by atoms with van der Waals surface area (Å²) >= 11 is 0. The minimum atomic E-state index is -0.0432. The van der Waals surface area contributed by atoms with Crippen LogP contribution >= 0.6 is 0 Å². The summed E-state index contributed by atoms with van der Waals surface area (Å²) in [5, 5.41) is 4.73. The van der Waals surface area contributed by atoms with Gasteiger partial charge in [0.2, 0.25) is 6.54 Å². The Balaban J connectivity index is 1.37. The molecule has 0 bridgehead atoms. The Kier molecular flexibility index (Phi) is 5.40. The Hall–Kier alpha value is -3.53. The summed E-state index contributed by atoms with van der Waals surface area (Å²) in [6.45, 7) is 11.6. The molecule has 7 nitrogen and oxygen atoms in total. The van der Waals surface area contributed by atoms with E-state index in [-0.39, 0.29) is 5.91 Å². The number of nitrogens with zero attached hydrogens (tertiary/aromatic N) is 6. The van der Waals surface area contributed by atoms with Crippen LogP contribution in [0.1, 0.15) is 66.3 Å². The van der Waals surface area contributed by atoms with Crippen LogP contribution in [0.15, 0.2) is 30.7 Å². The minimum Gasteiger partial charge on any atom is -0.325 e. The monoisotopic (exact) mass is 466 g/mol. The predicted molar refractivity (Wildman–Crippen MR) is 133 cm³/mol. The molecule has 4 heterocycles. The smallest absolute Gasteiger partial charge is 0.256 e. The van der Waals surface area contributed by atoms with Gasteiger partial charge < -0.3 is 9.74 Å². The van der Waals surface area contributed by atoms with Crippen molar-refractivity contribution in [3.05, 3.63) is 64.7 Å². The number of carbonyl (C=O) groups excluding carboxylic acids is 1. The fourth-order valence-electron chi connectivity index (χ4n) is 5.99. The normalized spacial score (nSPS) is 18.1. The highest BCUT2D eigenvalue weighted by atomic mass is 16.2. The van der Waals surface area contributed by atoms with E-state index in [0.717, 1.165) is 59.6 Å². The van der Waals surface area contributed by atoms with E-state index < -0.39 is 0 Å². The fourth-order valence-corrected chi connectivity index (χ4v) is 5.99. The summed E-state index contributed by atoms with van der Waals surface area (Å²) in [5.74, 6) is -0.0432. The Morgan fingerprint density at radius 1 is 1.06 bits per heavy atom. The predicted octanol–water partition coefficient (Wildman–Crippen LogP) is 4.95. The largest absolute Gasteiger partial charge is 0.325 e. The van der Waals surface area contributed by atoms with Crippen molar-refractivity contribution in [1.82, 2.24) is 24.6 Å². The third kappa shape index (κ3) is 4.01. The molecule has 1 fully saturated rings. The molecule has 0 aromatic carbocycles. The number of hydrogen-bond acceptors (Lipinski definition) is 4. The van der Waals surface area contributed by atoms with Crippen LogP contribution in [0.2, 0.25) is 0 Å². The number of amides is 1. The van der Waals surface area contributed by atoms with Crippen molar-refractivity contribution in [2.75, 3.05) is 13.1 Å². The molecule has 35 heavy (non-hydrogen) atoms. The highest BCUT2D eigenvalue weighted by Gasteiger charge is 2.31. The molecular formula is C28H30N6O. The van der Waals surface area contributed by atoms with Crippen LogP contribution in [0, 0.1) is 12.0 Å². The molecule has 3 aromatic rings. The standard InChI is InChI=1S/C28H30N6O/c1-28(8-3-4-9-28)18-34-16-21(15-31-34)22-12-19-6-5-7-24(19)32-26(22)20-13-23-25(30-14-20)17-33(27(23)35)11-10-29-2/h12-16H,3-11,17-18H2,1H3. The zero-order valence-electron chi connectivity index (χ0n) is 20.3. The van der Waals surface area contributed by atoms with E-state index in [9.17, 15) is 4.79 Å². The van der Waals surface area contributed by atoms with Crippen LogP contribution in [-0.4, -0.2) is 43.6 Å². The van der Waals surface area contributed by atoms with Gasteiger partial charge in [0.05, 0.1) is 36.2 Å². The van der Waals surface area contributed by atoms with E-state index in [4.69, 9.17) is 16.7 Å². The van der Waals surface area contributed by atoms with Gasteiger partial charge in [-0.3, -0.25) is 19.4 Å². The van der Waals surface area contributed by atoms with Crippen LogP contribution in [-0.2, 0) is 25.9 Å². The molecule has 1 aliphatic heterocycles. The van der Waals surface area contributed by atoms with Crippen LogP contribution in [0.4, 0.5) is 0 Å². The van der Waals surface area contributed by atoms with Crippen LogP contribution < -0.4 is 0 Å². The molecule has 3 aromatic heterocycles. The first kappa shape index (κ1) is 22.0. The number of aromatic nitrogens is 4. The average Bonchev–Trinajstić information content (AvgIpc) is 3.65. The van der Waals surface area contributed by atoms with Gasteiger partial charge in [-0.25, -0.2) is 6.57 Å². The Labute approximate surface area is 206 Å². The number of fused-ring (bicyclic) bond motifs is 2. The van der Waals surface area contributed by atoms with E-state index in [0.29, 0.717) is 30.6 Å². The summed E-state index contributed by atoms with van der Waals surface area (Å²) in [5.41, 5.74) is 8.07. The van der Waals surface area contributed by atoms with Gasteiger partial charge in [-0.05, 0) is 55.2 Å². The molecule has 7 heteroatoms. The Morgan fingerprint density at radius 2 is 1.91 bits per heavy atom. The van der Waals surface area contributed by atoms with Crippen LogP contribution in [0.25, 0.3) is 27.2 Å². The number of rotatable bonds is 6. The van der Waals surface area contributed by atoms with Crippen molar-refractivity contribution in [3.63, 3.8) is 0 Å². The quantitative estimate of drug-likeness (QED) is 0.482. The van der Waals surface area contributed by atoms with Crippen molar-refractivity contribution in [2.45, 2.75) is 65.0 Å². The first-order chi connectivity index (χ1) is 17.0. The highest BCUT2D eigenvalue weighted by Crippen LogP contribution is 2.40. The zero-order chi connectivity index (χ0) is 24.0. The molecule has 178 valence electrons. The molecule has 1 saturated carbocycles. The summed E-state index contributed by atoms with van der Waals surface area (Å²) in [6.07, 6.45) is 14.3. The zero-order valence-corrected chi connectivity index (χ0v) is 20.3. The number of carbonyl (C=O) groups is 1. The molecule has 1 amide bonds. The summed E-state index contributed by atoms with van der Waals surface area (Å²) in [4.78, 5) is 27.8. The number of pyridine rings is 2. The molecule has 2 aliphatic carbocycles. The lowest BCUT2D eigenvalue weighted by atomic mass is 9.89. The van der Waals surface area contributed by atoms with Gasteiger partial charge in [-0.2, -0.15) is 5.10 Å². The van der Waals surface area contributed by atoms with Gasteiger partial charge in [0.1, 0.15) is 0 Å². The number of hydrogen-bond donors (Lipinski definition) is 0. The van der Waals surface area contributed by atoms with Gasteiger partial charge in [-0.15, -0.1) is 0 Å². The molecule has 0 radical (unpaired) electrons. The second kappa shape index (κ2) is 8.60. The molecule has 0 atom stereocenters. The topological polar surface area (TPSA) is 68.3 Å². The number of aryl methyl sites for hydroxylation is 2. The summed E-state index contributed by atoms with van der Waals surface area (Å²) in [7, 11) is 0. The molecule has 0 N–H and O–H groups in total. The lowest BCUT2D eigenvalue weighted by molar-refractivity contribution is 0.0785. The van der Waals surface area contributed by atoms with Crippen molar-refractivity contribution >= 4 is 5.91 Å². The van der Waals surface area contributed by atoms with Gasteiger partial charge in [0, 0.05) is 41.3 Å².